The van der Waals surface area contributed by atoms with Crippen molar-refractivity contribution in [2.45, 2.75) is 13.3 Å². The van der Waals surface area contributed by atoms with Crippen molar-refractivity contribution < 1.29 is 18.8 Å². The van der Waals surface area contributed by atoms with Gasteiger partial charge >= 0.3 is 11.8 Å². The van der Waals surface area contributed by atoms with Gasteiger partial charge in [-0.1, -0.05) is 18.2 Å². The van der Waals surface area contributed by atoms with E-state index in [1.54, 1.807) is 36.4 Å². The lowest BCUT2D eigenvalue weighted by atomic mass is 10.1. The molecule has 0 unspecified atom stereocenters. The van der Waals surface area contributed by atoms with Crippen LogP contribution in [0.2, 0.25) is 0 Å². The van der Waals surface area contributed by atoms with Crippen LogP contribution in [0.15, 0.2) is 48.5 Å². The number of halogens is 1. The second-order valence-corrected chi connectivity index (χ2v) is 5.35. The van der Waals surface area contributed by atoms with Crippen molar-refractivity contribution in [3.63, 3.8) is 0 Å². The molecule has 0 aliphatic carbocycles. The van der Waals surface area contributed by atoms with Gasteiger partial charge in [0.15, 0.2) is 0 Å². The van der Waals surface area contributed by atoms with E-state index in [0.29, 0.717) is 17.8 Å². The van der Waals surface area contributed by atoms with Crippen LogP contribution < -0.4 is 16.0 Å². The van der Waals surface area contributed by atoms with Gasteiger partial charge in [-0.2, -0.15) is 0 Å². The molecule has 0 radical (unpaired) electrons. The van der Waals surface area contributed by atoms with E-state index >= 15 is 0 Å². The van der Waals surface area contributed by atoms with E-state index in [4.69, 9.17) is 0 Å². The van der Waals surface area contributed by atoms with Gasteiger partial charge in [0.05, 0.1) is 0 Å². The van der Waals surface area contributed by atoms with Gasteiger partial charge in [-0.15, -0.1) is 0 Å². The number of benzene rings is 2. The van der Waals surface area contributed by atoms with E-state index in [-0.39, 0.29) is 18.3 Å². The Morgan fingerprint density at radius 3 is 2.20 bits per heavy atom. The summed E-state index contributed by atoms with van der Waals surface area (Å²) < 4.78 is 12.8. The molecule has 6 nitrogen and oxygen atoms in total. The molecule has 3 amide bonds. The molecule has 0 saturated carbocycles. The van der Waals surface area contributed by atoms with Gasteiger partial charge in [-0.3, -0.25) is 14.4 Å². The number of rotatable bonds is 5. The maximum absolute atomic E-state index is 12.8. The van der Waals surface area contributed by atoms with Crippen LogP contribution in [-0.2, 0) is 20.8 Å². The molecule has 25 heavy (non-hydrogen) atoms. The zero-order chi connectivity index (χ0) is 18.2. The zero-order valence-corrected chi connectivity index (χ0v) is 13.6. The van der Waals surface area contributed by atoms with Gasteiger partial charge in [0.1, 0.15) is 5.82 Å². The molecule has 0 spiro atoms. The molecule has 0 saturated heterocycles. The molecule has 3 N–H and O–H groups in total. The zero-order valence-electron chi connectivity index (χ0n) is 13.6. The molecule has 130 valence electrons. The number of anilines is 2. The van der Waals surface area contributed by atoms with Crippen molar-refractivity contribution in [1.29, 1.82) is 0 Å². The van der Waals surface area contributed by atoms with Crippen LogP contribution in [0.3, 0.4) is 0 Å². The maximum atomic E-state index is 12.8. The molecule has 0 atom stereocenters. The predicted molar refractivity (Wildman–Crippen MR) is 92.5 cm³/mol. The van der Waals surface area contributed by atoms with Crippen molar-refractivity contribution in [2.24, 2.45) is 0 Å². The van der Waals surface area contributed by atoms with E-state index in [0.717, 1.165) is 5.56 Å². The molecule has 0 fully saturated rings. The second kappa shape index (κ2) is 8.58. The monoisotopic (exact) mass is 343 g/mol. The lowest BCUT2D eigenvalue weighted by Crippen LogP contribution is -2.36. The molecular weight excluding hydrogens is 325 g/mol. The number of hydrogen-bond donors (Lipinski definition) is 3. The van der Waals surface area contributed by atoms with E-state index in [2.05, 4.69) is 16.0 Å². The number of amides is 3. The largest absolute Gasteiger partial charge is 0.347 e. The average molecular weight is 343 g/mol. The predicted octanol–water partition coefficient (Wildman–Crippen LogP) is 2.08. The number of nitrogens with one attached hydrogen (secondary N) is 3. The first-order valence-corrected chi connectivity index (χ1v) is 7.65. The summed E-state index contributed by atoms with van der Waals surface area (Å²) >= 11 is 0. The lowest BCUT2D eigenvalue weighted by Gasteiger charge is -2.08. The van der Waals surface area contributed by atoms with Gasteiger partial charge in [0, 0.05) is 24.8 Å². The Morgan fingerprint density at radius 1 is 0.920 bits per heavy atom. The standard InChI is InChI=1S/C18H18FN3O3/c1-12(23)21-15-3-2-4-16(11-15)22-18(25)17(24)20-10-9-13-5-7-14(19)8-6-13/h2-8,11H,9-10H2,1H3,(H,20,24)(H,21,23)(H,22,25). The summed E-state index contributed by atoms with van der Waals surface area (Å²) in [6.07, 6.45) is 0.483. The Labute approximate surface area is 144 Å². The summed E-state index contributed by atoms with van der Waals surface area (Å²) in [7, 11) is 0. The molecular formula is C18H18FN3O3. The highest BCUT2D eigenvalue weighted by Crippen LogP contribution is 2.14. The van der Waals surface area contributed by atoms with Crippen LogP contribution in [0.1, 0.15) is 12.5 Å². The fourth-order valence-electron chi connectivity index (χ4n) is 2.12. The normalized spacial score (nSPS) is 10.0. The van der Waals surface area contributed by atoms with Crippen LogP contribution in [0, 0.1) is 5.82 Å². The molecule has 2 aromatic carbocycles. The van der Waals surface area contributed by atoms with Crippen molar-refractivity contribution in [3.8, 4) is 0 Å². The van der Waals surface area contributed by atoms with Crippen molar-refractivity contribution in [3.05, 3.63) is 59.9 Å². The Morgan fingerprint density at radius 2 is 1.56 bits per heavy atom. The fourth-order valence-corrected chi connectivity index (χ4v) is 2.12. The Kier molecular flexibility index (Phi) is 6.22. The fraction of sp³-hybridized carbons (Fsp3) is 0.167. The maximum Gasteiger partial charge on any atom is 0.313 e. The van der Waals surface area contributed by atoms with Crippen molar-refractivity contribution in [1.82, 2.24) is 5.32 Å². The smallest absolute Gasteiger partial charge is 0.313 e. The van der Waals surface area contributed by atoms with Gasteiger partial charge in [-0.25, -0.2) is 4.39 Å². The SMILES string of the molecule is CC(=O)Nc1cccc(NC(=O)C(=O)NCCc2ccc(F)cc2)c1. The molecule has 0 aliphatic heterocycles. The highest BCUT2D eigenvalue weighted by Gasteiger charge is 2.13. The van der Waals surface area contributed by atoms with Crippen LogP contribution in [0.5, 0.6) is 0 Å². The first-order valence-electron chi connectivity index (χ1n) is 7.65. The summed E-state index contributed by atoms with van der Waals surface area (Å²) in [6, 6.07) is 12.4. The summed E-state index contributed by atoms with van der Waals surface area (Å²) in [5.74, 6) is -2.14. The molecule has 2 aromatic rings. The second-order valence-electron chi connectivity index (χ2n) is 5.35. The van der Waals surface area contributed by atoms with E-state index in [1.807, 2.05) is 0 Å². The van der Waals surface area contributed by atoms with Gasteiger partial charge < -0.3 is 16.0 Å². The third-order valence-electron chi connectivity index (χ3n) is 3.26. The quantitative estimate of drug-likeness (QED) is 0.727. The number of carbonyl (C=O) groups excluding carboxylic acids is 3. The molecule has 0 heterocycles. The van der Waals surface area contributed by atoms with Gasteiger partial charge in [-0.05, 0) is 42.3 Å². The third-order valence-corrected chi connectivity index (χ3v) is 3.26. The van der Waals surface area contributed by atoms with Crippen molar-refractivity contribution in [2.75, 3.05) is 17.2 Å². The Hall–Kier alpha value is -3.22. The minimum Gasteiger partial charge on any atom is -0.347 e. The summed E-state index contributed by atoms with van der Waals surface area (Å²) in [4.78, 5) is 34.7. The molecule has 0 bridgehead atoms. The highest BCUT2D eigenvalue weighted by atomic mass is 19.1. The average Bonchev–Trinajstić information content (AvgIpc) is 2.56. The Bertz CT molecular complexity index is 775. The summed E-state index contributed by atoms with van der Waals surface area (Å²) in [5, 5.41) is 7.54. The highest BCUT2D eigenvalue weighted by molar-refractivity contribution is 6.39. The molecule has 2 rings (SSSR count). The molecule has 7 heteroatoms. The molecule has 0 aromatic heterocycles. The van der Waals surface area contributed by atoms with Crippen LogP contribution in [0.25, 0.3) is 0 Å². The van der Waals surface area contributed by atoms with Crippen LogP contribution in [-0.4, -0.2) is 24.3 Å². The first-order chi connectivity index (χ1) is 11.9. The minimum atomic E-state index is -0.806. The Balaban J connectivity index is 1.82. The first kappa shape index (κ1) is 18.1. The number of carbonyl (C=O) groups is 3. The van der Waals surface area contributed by atoms with E-state index < -0.39 is 11.8 Å². The van der Waals surface area contributed by atoms with Gasteiger partial charge in [0.25, 0.3) is 0 Å². The topological polar surface area (TPSA) is 87.3 Å². The van der Waals surface area contributed by atoms with Crippen molar-refractivity contribution >= 4 is 29.1 Å². The summed E-state index contributed by atoms with van der Waals surface area (Å²) in [6.45, 7) is 1.63. The lowest BCUT2D eigenvalue weighted by molar-refractivity contribution is -0.136. The minimum absolute atomic E-state index is 0.234. The molecule has 0 aliphatic rings. The summed E-state index contributed by atoms with van der Waals surface area (Å²) in [5.41, 5.74) is 1.76. The van der Waals surface area contributed by atoms with E-state index in [9.17, 15) is 18.8 Å². The van der Waals surface area contributed by atoms with Crippen LogP contribution >= 0.6 is 0 Å². The van der Waals surface area contributed by atoms with Crippen LogP contribution in [0.4, 0.5) is 15.8 Å². The third kappa shape index (κ3) is 6.06. The van der Waals surface area contributed by atoms with Gasteiger partial charge in [0.2, 0.25) is 5.91 Å². The van der Waals surface area contributed by atoms with E-state index in [1.165, 1.54) is 19.1 Å². The number of hydrogen-bond acceptors (Lipinski definition) is 3.